The number of nitrogens with zero attached hydrogens (tertiary/aromatic N) is 3. The average molecular weight is 195 g/mol. The van der Waals surface area contributed by atoms with Crippen molar-refractivity contribution in [2.45, 2.75) is 0 Å². The fourth-order valence-corrected chi connectivity index (χ4v) is 0.873. The molecule has 1 aromatic heterocycles. The zero-order valence-corrected chi connectivity index (χ0v) is 7.80. The van der Waals surface area contributed by atoms with Crippen LogP contribution in [0.1, 0.15) is 10.5 Å². The van der Waals surface area contributed by atoms with Gasteiger partial charge in [0.05, 0.1) is 0 Å². The summed E-state index contributed by atoms with van der Waals surface area (Å²) in [5.41, 5.74) is 0.0733. The van der Waals surface area contributed by atoms with Gasteiger partial charge >= 0.3 is 5.82 Å². The second-order valence-electron chi connectivity index (χ2n) is 2.84. The SMILES string of the molecule is CN(C)C(=O)c1cccc([N+](=O)[O-])n1. The molecule has 74 valence electrons. The van der Waals surface area contributed by atoms with Gasteiger partial charge in [-0.05, 0) is 22.0 Å². The molecule has 0 spiro atoms. The molecule has 0 aromatic carbocycles. The van der Waals surface area contributed by atoms with E-state index in [1.54, 1.807) is 14.1 Å². The molecule has 0 aliphatic rings. The molecule has 1 rings (SSSR count). The Bertz CT molecular complexity index is 376. The maximum Gasteiger partial charge on any atom is 0.364 e. The number of rotatable bonds is 2. The number of pyridine rings is 1. The van der Waals surface area contributed by atoms with Gasteiger partial charge in [-0.15, -0.1) is 0 Å². The molecule has 1 aromatic rings. The van der Waals surface area contributed by atoms with E-state index in [-0.39, 0.29) is 17.4 Å². The van der Waals surface area contributed by atoms with Crippen LogP contribution in [0.25, 0.3) is 0 Å². The van der Waals surface area contributed by atoms with E-state index < -0.39 is 4.92 Å². The van der Waals surface area contributed by atoms with Crippen LogP contribution in [0.4, 0.5) is 5.82 Å². The van der Waals surface area contributed by atoms with Crippen LogP contribution in [0.5, 0.6) is 0 Å². The lowest BCUT2D eigenvalue weighted by Crippen LogP contribution is -2.22. The molecule has 0 bridgehead atoms. The van der Waals surface area contributed by atoms with Crippen LogP contribution in [0.15, 0.2) is 18.2 Å². The predicted octanol–water partition coefficient (Wildman–Crippen LogP) is 0.692. The molecular weight excluding hydrogens is 186 g/mol. The van der Waals surface area contributed by atoms with Gasteiger partial charge in [-0.1, -0.05) is 0 Å². The van der Waals surface area contributed by atoms with E-state index in [4.69, 9.17) is 0 Å². The first-order chi connectivity index (χ1) is 6.52. The summed E-state index contributed by atoms with van der Waals surface area (Å²) in [7, 11) is 3.12. The standard InChI is InChI=1S/C8H9N3O3/c1-10(2)8(12)6-4-3-5-7(9-6)11(13)14/h3-5H,1-2H3. The van der Waals surface area contributed by atoms with Crippen molar-refractivity contribution >= 4 is 11.7 Å². The van der Waals surface area contributed by atoms with Crippen LogP contribution in [0, 0.1) is 10.1 Å². The lowest BCUT2D eigenvalue weighted by molar-refractivity contribution is -0.389. The summed E-state index contributed by atoms with van der Waals surface area (Å²) in [6, 6.07) is 4.11. The Morgan fingerprint density at radius 2 is 2.14 bits per heavy atom. The fraction of sp³-hybridized carbons (Fsp3) is 0.250. The number of hydrogen-bond acceptors (Lipinski definition) is 4. The van der Waals surface area contributed by atoms with E-state index in [0.29, 0.717) is 0 Å². The average Bonchev–Trinajstić information content (AvgIpc) is 2.16. The molecule has 1 heterocycles. The Balaban J connectivity index is 3.06. The maximum atomic E-state index is 11.4. The van der Waals surface area contributed by atoms with E-state index in [9.17, 15) is 14.9 Å². The van der Waals surface area contributed by atoms with Crippen LogP contribution < -0.4 is 0 Å². The number of carbonyl (C=O) groups is 1. The van der Waals surface area contributed by atoms with E-state index in [1.165, 1.54) is 23.1 Å². The summed E-state index contributed by atoms with van der Waals surface area (Å²) in [6.07, 6.45) is 0. The molecule has 14 heavy (non-hydrogen) atoms. The third-order valence-corrected chi connectivity index (χ3v) is 1.55. The van der Waals surface area contributed by atoms with Crippen molar-refractivity contribution in [3.63, 3.8) is 0 Å². The van der Waals surface area contributed by atoms with Gasteiger partial charge in [-0.3, -0.25) is 4.79 Å². The van der Waals surface area contributed by atoms with Crippen LogP contribution in [0.2, 0.25) is 0 Å². The zero-order valence-electron chi connectivity index (χ0n) is 7.80. The van der Waals surface area contributed by atoms with Gasteiger partial charge in [-0.25, -0.2) is 0 Å². The highest BCUT2D eigenvalue weighted by molar-refractivity contribution is 5.92. The number of aromatic nitrogens is 1. The lowest BCUT2D eigenvalue weighted by Gasteiger charge is -2.05. The van der Waals surface area contributed by atoms with Gasteiger partial charge < -0.3 is 15.0 Å². The molecule has 0 unspecified atom stereocenters. The third kappa shape index (κ3) is 2.03. The summed E-state index contributed by atoms with van der Waals surface area (Å²) in [4.78, 5) is 26.0. The maximum absolute atomic E-state index is 11.4. The number of hydrogen-bond donors (Lipinski definition) is 0. The minimum absolute atomic E-state index is 0.0733. The highest BCUT2D eigenvalue weighted by atomic mass is 16.6. The van der Waals surface area contributed by atoms with E-state index in [0.717, 1.165) is 0 Å². The van der Waals surface area contributed by atoms with Crippen LogP contribution in [-0.4, -0.2) is 34.8 Å². The molecular formula is C8H9N3O3. The molecule has 0 aliphatic carbocycles. The quantitative estimate of drug-likeness (QED) is 0.514. The topological polar surface area (TPSA) is 76.3 Å². The highest BCUT2D eigenvalue weighted by Crippen LogP contribution is 2.08. The van der Waals surface area contributed by atoms with E-state index in [1.807, 2.05) is 0 Å². The summed E-state index contributed by atoms with van der Waals surface area (Å²) in [5, 5.41) is 10.4. The van der Waals surface area contributed by atoms with Gasteiger partial charge in [0.2, 0.25) is 5.69 Å². The Morgan fingerprint density at radius 1 is 1.50 bits per heavy atom. The molecule has 1 amide bonds. The molecule has 0 radical (unpaired) electrons. The molecule has 6 nitrogen and oxygen atoms in total. The van der Waals surface area contributed by atoms with Crippen molar-refractivity contribution in [1.29, 1.82) is 0 Å². The first-order valence-corrected chi connectivity index (χ1v) is 3.85. The Morgan fingerprint density at radius 3 is 2.64 bits per heavy atom. The molecule has 0 fully saturated rings. The lowest BCUT2D eigenvalue weighted by atomic mass is 10.3. The number of amides is 1. The molecule has 0 aliphatic heterocycles. The van der Waals surface area contributed by atoms with Gasteiger partial charge in [0.1, 0.15) is 0 Å². The fourth-order valence-electron chi connectivity index (χ4n) is 0.873. The van der Waals surface area contributed by atoms with Crippen LogP contribution >= 0.6 is 0 Å². The van der Waals surface area contributed by atoms with Gasteiger partial charge in [0, 0.05) is 20.2 Å². The Hall–Kier alpha value is -1.98. The minimum atomic E-state index is -0.632. The summed E-state index contributed by atoms with van der Waals surface area (Å²) < 4.78 is 0. The molecule has 6 heteroatoms. The normalized spacial score (nSPS) is 9.57. The number of carbonyl (C=O) groups excluding carboxylic acids is 1. The molecule has 0 N–H and O–H groups in total. The van der Waals surface area contributed by atoms with Crippen LogP contribution in [0.3, 0.4) is 0 Å². The minimum Gasteiger partial charge on any atom is -0.358 e. The monoisotopic (exact) mass is 195 g/mol. The third-order valence-electron chi connectivity index (χ3n) is 1.55. The van der Waals surface area contributed by atoms with E-state index >= 15 is 0 Å². The smallest absolute Gasteiger partial charge is 0.358 e. The highest BCUT2D eigenvalue weighted by Gasteiger charge is 2.17. The van der Waals surface area contributed by atoms with Crippen molar-refractivity contribution in [2.75, 3.05) is 14.1 Å². The summed E-state index contributed by atoms with van der Waals surface area (Å²) >= 11 is 0. The van der Waals surface area contributed by atoms with Crippen molar-refractivity contribution in [3.05, 3.63) is 34.0 Å². The van der Waals surface area contributed by atoms with Crippen molar-refractivity contribution < 1.29 is 9.72 Å². The number of nitro groups is 1. The molecule has 0 atom stereocenters. The second kappa shape index (κ2) is 3.82. The second-order valence-corrected chi connectivity index (χ2v) is 2.84. The Labute approximate surface area is 80.3 Å². The first kappa shape index (κ1) is 10.1. The van der Waals surface area contributed by atoms with Crippen molar-refractivity contribution in [2.24, 2.45) is 0 Å². The van der Waals surface area contributed by atoms with Crippen molar-refractivity contribution in [3.8, 4) is 0 Å². The van der Waals surface area contributed by atoms with Gasteiger partial charge in [0.25, 0.3) is 5.91 Å². The first-order valence-electron chi connectivity index (χ1n) is 3.85. The largest absolute Gasteiger partial charge is 0.364 e. The van der Waals surface area contributed by atoms with Gasteiger partial charge in [-0.2, -0.15) is 0 Å². The zero-order chi connectivity index (χ0) is 10.7. The summed E-state index contributed by atoms with van der Waals surface area (Å²) in [6.45, 7) is 0. The van der Waals surface area contributed by atoms with Crippen molar-refractivity contribution in [1.82, 2.24) is 9.88 Å². The molecule has 0 saturated heterocycles. The van der Waals surface area contributed by atoms with Crippen LogP contribution in [-0.2, 0) is 0 Å². The Kier molecular flexibility index (Phi) is 2.76. The van der Waals surface area contributed by atoms with E-state index in [2.05, 4.69) is 4.98 Å². The predicted molar refractivity (Wildman–Crippen MR) is 48.9 cm³/mol. The summed E-state index contributed by atoms with van der Waals surface area (Å²) in [5.74, 6) is -0.675. The molecule has 0 saturated carbocycles. The van der Waals surface area contributed by atoms with Gasteiger partial charge in [0.15, 0.2) is 0 Å².